The van der Waals surface area contributed by atoms with Crippen LogP contribution in [0.3, 0.4) is 0 Å². The van der Waals surface area contributed by atoms with Crippen LogP contribution in [0.5, 0.6) is 5.75 Å². The Morgan fingerprint density at radius 2 is 2.03 bits per heavy atom. The summed E-state index contributed by atoms with van der Waals surface area (Å²) in [6, 6.07) is 9.26. The normalized spacial score (nSPS) is 18.0. The summed E-state index contributed by atoms with van der Waals surface area (Å²) in [5, 5.41) is 3.30. The molecule has 184 valence electrons. The lowest BCUT2D eigenvalue weighted by atomic mass is 9.83. The minimum atomic E-state index is -4.25. The number of ether oxygens (including phenoxy) is 1. The number of rotatable bonds is 7. The number of thioether (sulfide) groups is 1. The Labute approximate surface area is 210 Å². The molecule has 0 spiro atoms. The van der Waals surface area contributed by atoms with E-state index in [0.717, 1.165) is 11.8 Å². The van der Waals surface area contributed by atoms with Gasteiger partial charge in [-0.1, -0.05) is 29.8 Å². The van der Waals surface area contributed by atoms with E-state index in [1.54, 1.807) is 43.3 Å². The summed E-state index contributed by atoms with van der Waals surface area (Å²) in [7, 11) is 1.48. The van der Waals surface area contributed by atoms with Gasteiger partial charge in [0.2, 0.25) is 0 Å². The number of pyridine rings is 1. The van der Waals surface area contributed by atoms with Gasteiger partial charge < -0.3 is 14.9 Å². The number of alkyl halides is 3. The number of hydrogen-bond donors (Lipinski definition) is 1. The van der Waals surface area contributed by atoms with Crippen molar-refractivity contribution in [3.05, 3.63) is 76.0 Å². The number of allylic oxidation sites excluding steroid dienone is 1. The highest BCUT2D eigenvalue weighted by molar-refractivity contribution is 8.14. The maximum Gasteiger partial charge on any atom is 0.389 e. The first-order chi connectivity index (χ1) is 16.7. The van der Waals surface area contributed by atoms with E-state index < -0.39 is 30.5 Å². The Bertz CT molecular complexity index is 1190. The average Bonchev–Trinajstić information content (AvgIpc) is 2.81. The molecule has 2 atom stereocenters. The van der Waals surface area contributed by atoms with Crippen LogP contribution in [0.4, 0.5) is 18.9 Å². The molecule has 35 heavy (non-hydrogen) atoms. The summed E-state index contributed by atoms with van der Waals surface area (Å²) in [6.07, 6.45) is -3.79. The molecule has 6 nitrogen and oxygen atoms in total. The molecule has 1 aromatic carbocycles. The molecule has 3 rings (SSSR count). The largest absolute Gasteiger partial charge is 0.495 e. The number of halogens is 4. The summed E-state index contributed by atoms with van der Waals surface area (Å²) in [5.41, 5.74) is 1.47. The highest BCUT2D eigenvalue weighted by Gasteiger charge is 2.44. The molecule has 0 aliphatic carbocycles. The van der Waals surface area contributed by atoms with Crippen LogP contribution in [-0.4, -0.2) is 41.0 Å². The zero-order valence-corrected chi connectivity index (χ0v) is 20.5. The van der Waals surface area contributed by atoms with Crippen LogP contribution in [0.2, 0.25) is 5.15 Å². The predicted octanol–water partition coefficient (Wildman–Crippen LogP) is 6.52. The highest BCUT2D eigenvalue weighted by atomic mass is 35.5. The minimum Gasteiger partial charge on any atom is -0.495 e. The third kappa shape index (κ3) is 6.55. The first kappa shape index (κ1) is 26.6. The lowest BCUT2D eigenvalue weighted by Crippen LogP contribution is -2.34. The van der Waals surface area contributed by atoms with E-state index in [0.29, 0.717) is 27.7 Å². The number of aliphatic imine (C=N–C) groups is 1. The number of aromatic nitrogens is 1. The molecule has 1 aliphatic rings. The molecule has 0 saturated carbocycles. The predicted molar refractivity (Wildman–Crippen MR) is 132 cm³/mol. The fraction of sp³-hybridized carbons (Fsp3) is 0.333. The van der Waals surface area contributed by atoms with Gasteiger partial charge in [-0.2, -0.15) is 13.2 Å². The van der Waals surface area contributed by atoms with E-state index in [9.17, 15) is 18.0 Å². The molecule has 0 bridgehead atoms. The number of benzene rings is 1. The average molecular weight is 523 g/mol. The maximum atomic E-state index is 13.5. The first-order valence-corrected chi connectivity index (χ1v) is 11.9. The van der Waals surface area contributed by atoms with Gasteiger partial charge in [0.15, 0.2) is 5.04 Å². The van der Waals surface area contributed by atoms with Crippen molar-refractivity contribution in [3.8, 4) is 5.75 Å². The van der Waals surface area contributed by atoms with E-state index in [1.165, 1.54) is 13.3 Å². The van der Waals surface area contributed by atoms with Crippen molar-refractivity contribution in [1.29, 1.82) is 0 Å². The van der Waals surface area contributed by atoms with Gasteiger partial charge in [0.1, 0.15) is 16.8 Å². The molecular formula is C24H22ClF3N4O2S. The Kier molecular flexibility index (Phi) is 8.81. The first-order valence-electron chi connectivity index (χ1n) is 10.6. The fourth-order valence-corrected chi connectivity index (χ4v) is 5.01. The van der Waals surface area contributed by atoms with Crippen molar-refractivity contribution < 1.29 is 22.7 Å². The summed E-state index contributed by atoms with van der Waals surface area (Å²) < 4.78 is 43.0. The number of carbonyl (C=O) groups excluding carboxylic acids is 1. The van der Waals surface area contributed by atoms with Crippen molar-refractivity contribution >= 4 is 40.0 Å². The molecular weight excluding hydrogens is 501 g/mol. The van der Waals surface area contributed by atoms with Gasteiger partial charge in [0.05, 0.1) is 18.4 Å². The molecule has 2 unspecified atom stereocenters. The molecule has 1 N–H and O–H groups in total. The Hall–Kier alpha value is -3.03. The van der Waals surface area contributed by atoms with E-state index in [4.69, 9.17) is 22.9 Å². The fourth-order valence-electron chi connectivity index (χ4n) is 3.71. The van der Waals surface area contributed by atoms with E-state index in [1.807, 2.05) is 0 Å². The third-order valence-electron chi connectivity index (χ3n) is 5.26. The van der Waals surface area contributed by atoms with Gasteiger partial charge in [-0.25, -0.2) is 16.5 Å². The number of para-hydroxylation sites is 2. The Balaban J connectivity index is 2.00. The van der Waals surface area contributed by atoms with Crippen LogP contribution in [0.15, 0.2) is 58.9 Å². The number of nitrogens with one attached hydrogen (secondary N) is 1. The monoisotopic (exact) mass is 522 g/mol. The number of amides is 1. The van der Waals surface area contributed by atoms with Gasteiger partial charge >= 0.3 is 6.18 Å². The second kappa shape index (κ2) is 11.6. The molecule has 2 heterocycles. The summed E-state index contributed by atoms with van der Waals surface area (Å²) in [4.78, 5) is 25.8. The summed E-state index contributed by atoms with van der Waals surface area (Å²) in [5.74, 6) is -0.716. The minimum absolute atomic E-state index is 0.111. The van der Waals surface area contributed by atoms with E-state index >= 15 is 0 Å². The Morgan fingerprint density at radius 3 is 2.69 bits per heavy atom. The van der Waals surface area contributed by atoms with E-state index in [-0.39, 0.29) is 22.9 Å². The standard InChI is InChI=1S/C24H22ClF3N4O2S/c1-14-18(22(33)32-16-9-4-5-10-17(16)34-3)19(15-8-6-12-30-21(15)25)20(29-2)23(31-14)35-13-7-11-24(26,27)28/h4-6,8-10,12,19-20H,7,11,13H2,1,3H3,(H,32,33). The molecule has 0 fully saturated rings. The Morgan fingerprint density at radius 1 is 1.29 bits per heavy atom. The number of nitrogens with zero attached hydrogens (tertiary/aromatic N) is 3. The van der Waals surface area contributed by atoms with Crippen molar-refractivity contribution in [2.45, 2.75) is 37.9 Å². The van der Waals surface area contributed by atoms with Crippen molar-refractivity contribution in [2.24, 2.45) is 4.99 Å². The zero-order valence-electron chi connectivity index (χ0n) is 18.9. The number of anilines is 1. The second-order valence-corrected chi connectivity index (χ2v) is 9.08. The van der Waals surface area contributed by atoms with Gasteiger partial charge in [0, 0.05) is 23.9 Å². The quantitative estimate of drug-likeness (QED) is 0.255. The van der Waals surface area contributed by atoms with Crippen LogP contribution in [-0.2, 0) is 4.79 Å². The van der Waals surface area contributed by atoms with Crippen molar-refractivity contribution in [1.82, 2.24) is 4.98 Å². The lowest BCUT2D eigenvalue weighted by molar-refractivity contribution is -0.134. The molecule has 0 saturated heterocycles. The van der Waals surface area contributed by atoms with Gasteiger partial charge in [-0.3, -0.25) is 4.79 Å². The van der Waals surface area contributed by atoms with Crippen molar-refractivity contribution in [3.63, 3.8) is 0 Å². The summed E-state index contributed by atoms with van der Waals surface area (Å²) in [6.45, 7) is 9.48. The van der Waals surface area contributed by atoms with Crippen LogP contribution in [0, 0.1) is 6.57 Å². The smallest absolute Gasteiger partial charge is 0.389 e. The van der Waals surface area contributed by atoms with Gasteiger partial charge in [0.25, 0.3) is 11.9 Å². The summed E-state index contributed by atoms with van der Waals surface area (Å²) >= 11 is 7.46. The SMILES string of the molecule is [C-]#[N+]C1C(SCCCC(F)(F)F)=NC(C)=C(C(=O)Nc2ccccc2OC)C1c1cccnc1Cl. The molecule has 2 aromatic rings. The second-order valence-electron chi connectivity index (χ2n) is 7.61. The van der Waals surface area contributed by atoms with E-state index in [2.05, 4.69) is 20.1 Å². The van der Waals surface area contributed by atoms with Gasteiger partial charge in [-0.05, 0) is 37.3 Å². The van der Waals surface area contributed by atoms with Crippen LogP contribution < -0.4 is 10.1 Å². The molecule has 1 amide bonds. The third-order valence-corrected chi connectivity index (χ3v) is 6.70. The van der Waals surface area contributed by atoms with Crippen LogP contribution in [0.1, 0.15) is 31.2 Å². The number of carbonyl (C=O) groups is 1. The van der Waals surface area contributed by atoms with Gasteiger partial charge in [-0.15, -0.1) is 11.8 Å². The van der Waals surface area contributed by atoms with Crippen LogP contribution >= 0.6 is 23.4 Å². The molecule has 1 aromatic heterocycles. The molecule has 11 heteroatoms. The highest BCUT2D eigenvalue weighted by Crippen LogP contribution is 2.42. The molecule has 0 radical (unpaired) electrons. The zero-order chi connectivity index (χ0) is 25.6. The maximum absolute atomic E-state index is 13.5. The lowest BCUT2D eigenvalue weighted by Gasteiger charge is -2.27. The number of hydrogen-bond acceptors (Lipinski definition) is 5. The van der Waals surface area contributed by atoms with Crippen molar-refractivity contribution in [2.75, 3.05) is 18.2 Å². The topological polar surface area (TPSA) is 67.9 Å². The van der Waals surface area contributed by atoms with Crippen LogP contribution in [0.25, 0.3) is 4.85 Å². The molecule has 1 aliphatic heterocycles. The number of methoxy groups -OCH3 is 1.